The summed E-state index contributed by atoms with van der Waals surface area (Å²) in [7, 11) is 1.59. The number of furan rings is 1. The van der Waals surface area contributed by atoms with Gasteiger partial charge in [0.05, 0.1) is 83.9 Å². The van der Waals surface area contributed by atoms with Crippen LogP contribution in [-0.4, -0.2) is 107 Å². The molecule has 300 valence electrons. The zero-order valence-electron chi connectivity index (χ0n) is 31.4. The third-order valence-electron chi connectivity index (χ3n) is 8.83. The first-order chi connectivity index (χ1) is 27.2. The van der Waals surface area contributed by atoms with Crippen molar-refractivity contribution in [1.29, 1.82) is 0 Å². The van der Waals surface area contributed by atoms with Crippen molar-refractivity contribution in [2.75, 3.05) is 83.6 Å². The van der Waals surface area contributed by atoms with Crippen molar-refractivity contribution in [2.45, 2.75) is 25.4 Å². The predicted molar refractivity (Wildman–Crippen MR) is 210 cm³/mol. The number of rotatable bonds is 25. The van der Waals surface area contributed by atoms with Crippen LogP contribution in [0.25, 0.3) is 28.1 Å². The number of nitrogens with zero attached hydrogens (tertiary/aromatic N) is 1. The zero-order valence-corrected chi connectivity index (χ0v) is 32.2. The number of aliphatic hydroxyl groups excluding tert-OH is 1. The van der Waals surface area contributed by atoms with Crippen molar-refractivity contribution in [3.05, 3.63) is 94.8 Å². The van der Waals surface area contributed by atoms with Crippen molar-refractivity contribution in [1.82, 2.24) is 5.32 Å². The van der Waals surface area contributed by atoms with Crippen molar-refractivity contribution < 1.29 is 57.1 Å². The van der Waals surface area contributed by atoms with E-state index in [4.69, 9.17) is 33.2 Å². The molecule has 0 saturated heterocycles. The Hall–Kier alpha value is -4.77. The molecule has 1 fully saturated rings. The Morgan fingerprint density at radius 3 is 2.00 bits per heavy atom. The van der Waals surface area contributed by atoms with Crippen LogP contribution < -0.4 is 9.62 Å². The van der Waals surface area contributed by atoms with E-state index in [1.54, 1.807) is 55.4 Å². The van der Waals surface area contributed by atoms with Crippen LogP contribution in [0, 0.1) is 5.82 Å². The van der Waals surface area contributed by atoms with Crippen LogP contribution >= 0.6 is 11.9 Å². The number of hydrogen-bond donors (Lipinski definition) is 3. The van der Waals surface area contributed by atoms with Gasteiger partial charge in [-0.25, -0.2) is 9.18 Å². The Labute approximate surface area is 328 Å². The highest BCUT2D eigenvalue weighted by molar-refractivity contribution is 7.99. The number of anilines is 1. The summed E-state index contributed by atoms with van der Waals surface area (Å²) in [4.78, 5) is 34.9. The number of fused-ring (bicyclic) bond motifs is 1. The first kappa shape index (κ1) is 42.4. The Bertz CT molecular complexity index is 1950. The molecule has 0 aliphatic heterocycles. The van der Waals surface area contributed by atoms with Crippen LogP contribution in [0.15, 0.2) is 71.2 Å². The maximum Gasteiger partial charge on any atom is 0.376 e. The molecule has 0 unspecified atom stereocenters. The fourth-order valence-electron chi connectivity index (χ4n) is 5.81. The van der Waals surface area contributed by atoms with Gasteiger partial charge in [-0.15, -0.1) is 0 Å². The number of carboxylic acid groups (broad SMARTS) is 1. The molecule has 1 heterocycles. The van der Waals surface area contributed by atoms with Gasteiger partial charge < -0.3 is 47.9 Å². The Morgan fingerprint density at radius 2 is 1.45 bits per heavy atom. The molecular weight excluding hydrogens is 748 g/mol. The second kappa shape index (κ2) is 21.5. The van der Waals surface area contributed by atoms with Gasteiger partial charge in [0.2, 0.25) is 0 Å². The largest absolute Gasteiger partial charge is 0.507 e. The molecule has 1 aromatic heterocycles. The van der Waals surface area contributed by atoms with Crippen LogP contribution in [-0.2, 0) is 39.9 Å². The lowest BCUT2D eigenvalue weighted by Gasteiger charge is -2.24. The third kappa shape index (κ3) is 12.1. The molecule has 13 nitrogen and oxygen atoms in total. The lowest BCUT2D eigenvalue weighted by molar-refractivity contribution is -0.146. The number of nitrogens with one attached hydrogen (secondary N) is 1. The predicted octanol–water partition coefficient (Wildman–Crippen LogP) is 6.40. The van der Waals surface area contributed by atoms with Crippen molar-refractivity contribution >= 4 is 52.0 Å². The van der Waals surface area contributed by atoms with E-state index in [9.17, 15) is 23.9 Å². The Kier molecular flexibility index (Phi) is 16.3. The molecule has 15 heteroatoms. The fourth-order valence-corrected chi connectivity index (χ4v) is 6.42. The number of carbonyl (C=O) groups is 3. The minimum atomic E-state index is -1.64. The average molecular weight is 795 g/mol. The molecule has 56 heavy (non-hydrogen) atoms. The highest BCUT2D eigenvalue weighted by atomic mass is 32.2. The van der Waals surface area contributed by atoms with E-state index in [1.165, 1.54) is 17.7 Å². The summed E-state index contributed by atoms with van der Waals surface area (Å²) in [6.07, 6.45) is 4.84. The number of halogens is 1. The molecule has 0 bridgehead atoms. The number of benzene rings is 3. The van der Waals surface area contributed by atoms with Crippen molar-refractivity contribution in [3.63, 3.8) is 0 Å². The minimum Gasteiger partial charge on any atom is -0.507 e. The topological polar surface area (TPSA) is 166 Å². The highest BCUT2D eigenvalue weighted by Gasteiger charge is 2.31. The number of ketones is 1. The van der Waals surface area contributed by atoms with Gasteiger partial charge in [-0.3, -0.25) is 9.59 Å². The molecule has 1 aliphatic carbocycles. The molecule has 4 aromatic rings. The molecule has 3 N–H and O–H groups in total. The third-order valence-corrected chi connectivity index (χ3v) is 9.65. The van der Waals surface area contributed by atoms with Crippen LogP contribution in [0.1, 0.15) is 45.8 Å². The lowest BCUT2D eigenvalue weighted by Crippen LogP contribution is -2.22. The monoisotopic (exact) mass is 794 g/mol. The van der Waals surface area contributed by atoms with Crippen LogP contribution in [0.4, 0.5) is 10.1 Å². The van der Waals surface area contributed by atoms with E-state index in [1.807, 2.05) is 12.3 Å². The number of carboxylic acids is 1. The van der Waals surface area contributed by atoms with Gasteiger partial charge in [-0.05, 0) is 60.2 Å². The summed E-state index contributed by atoms with van der Waals surface area (Å²) < 4.78 is 50.3. The number of amides is 1. The lowest BCUT2D eigenvalue weighted by atomic mass is 10.0. The maximum atomic E-state index is 13.7. The molecule has 3 aromatic carbocycles. The summed E-state index contributed by atoms with van der Waals surface area (Å²) in [6.45, 7) is 4.75. The van der Waals surface area contributed by atoms with E-state index >= 15 is 0 Å². The second-order valence-corrected chi connectivity index (χ2v) is 13.6. The van der Waals surface area contributed by atoms with Crippen LogP contribution in [0.2, 0.25) is 0 Å². The SMILES string of the molecule is CNC(=O)c1c(-c2ccc(F)cc2)oc2cc(N(CCOCCOCCOCCOCCOCc3ccc(C(O)=CC(=O)C(=O)O)cc3)SC)c(C3CC3)cc12. The number of carbonyl (C=O) groups excluding carboxylic acids is 2. The van der Waals surface area contributed by atoms with E-state index in [0.717, 1.165) is 29.5 Å². The summed E-state index contributed by atoms with van der Waals surface area (Å²) in [5.41, 5.74) is 5.02. The standard InChI is InChI=1S/C41H47FN2O11S/c1-43-40(47)38-33-23-32(28-7-8-28)34(24-37(33)55-39(38)30-9-11-31(42)12-10-30)44(56-2)13-14-50-15-16-51-17-18-52-19-20-53-21-22-54-26-27-3-5-29(6-4-27)35(45)25-36(46)41(48)49/h3-6,9-12,23-25,28,45H,7-8,13-22,26H2,1-2H3,(H,43,47)(H,48,49). The molecule has 5 rings (SSSR count). The van der Waals surface area contributed by atoms with Gasteiger partial charge in [0.25, 0.3) is 11.7 Å². The fraction of sp³-hybridized carbons (Fsp3) is 0.390. The minimum absolute atomic E-state index is 0.259. The van der Waals surface area contributed by atoms with Gasteiger partial charge in [-0.2, -0.15) is 0 Å². The van der Waals surface area contributed by atoms with E-state index < -0.39 is 17.5 Å². The molecule has 0 spiro atoms. The van der Waals surface area contributed by atoms with Crippen molar-refractivity contribution in [2.24, 2.45) is 0 Å². The van der Waals surface area contributed by atoms with Gasteiger partial charge in [0.15, 0.2) is 0 Å². The van der Waals surface area contributed by atoms with Crippen LogP contribution in [0.5, 0.6) is 0 Å². The van der Waals surface area contributed by atoms with Gasteiger partial charge >= 0.3 is 5.97 Å². The van der Waals surface area contributed by atoms with Gasteiger partial charge in [0.1, 0.15) is 22.9 Å². The van der Waals surface area contributed by atoms with Crippen molar-refractivity contribution in [3.8, 4) is 11.3 Å². The molecular formula is C41H47FN2O11S. The van der Waals surface area contributed by atoms with E-state index in [-0.39, 0.29) is 11.7 Å². The van der Waals surface area contributed by atoms with Gasteiger partial charge in [0, 0.05) is 42.0 Å². The van der Waals surface area contributed by atoms with Crippen LogP contribution in [0.3, 0.4) is 0 Å². The summed E-state index contributed by atoms with van der Waals surface area (Å²) in [6, 6.07) is 16.6. The second-order valence-electron chi connectivity index (χ2n) is 12.8. The number of hydrogen-bond acceptors (Lipinski definition) is 12. The number of ether oxygens (including phenoxy) is 5. The molecule has 0 radical (unpaired) electrons. The molecule has 1 amide bonds. The maximum absolute atomic E-state index is 13.7. The smallest absolute Gasteiger partial charge is 0.376 e. The highest BCUT2D eigenvalue weighted by Crippen LogP contribution is 2.48. The normalized spacial score (nSPS) is 12.9. The first-order valence-corrected chi connectivity index (χ1v) is 19.4. The van der Waals surface area contributed by atoms with Gasteiger partial charge in [-0.1, -0.05) is 36.2 Å². The molecule has 1 aliphatic rings. The first-order valence-electron chi connectivity index (χ1n) is 18.3. The Morgan fingerprint density at radius 1 is 0.857 bits per heavy atom. The number of aliphatic carboxylic acids is 1. The molecule has 1 saturated carbocycles. The van der Waals surface area contributed by atoms with E-state index in [0.29, 0.717) is 113 Å². The zero-order chi connectivity index (χ0) is 39.9. The Balaban J connectivity index is 0.945. The summed E-state index contributed by atoms with van der Waals surface area (Å²) in [5, 5.41) is 22.0. The summed E-state index contributed by atoms with van der Waals surface area (Å²) >= 11 is 1.60. The molecule has 0 atom stereocenters. The quantitative estimate of drug-likeness (QED) is 0.0222. The summed E-state index contributed by atoms with van der Waals surface area (Å²) in [5.74, 6) is -3.06. The average Bonchev–Trinajstić information content (AvgIpc) is 3.99. The van der Waals surface area contributed by atoms with E-state index in [2.05, 4.69) is 15.7 Å². The number of aliphatic hydroxyl groups is 1.